The van der Waals surface area contributed by atoms with Gasteiger partial charge in [0.05, 0.1) is 18.8 Å². The van der Waals surface area contributed by atoms with Gasteiger partial charge in [-0.25, -0.2) is 14.4 Å². The monoisotopic (exact) mass is 404 g/mol. The SMILES string of the molecule is CCCCCCOC(=O)C(=Cc1ccc(C(=O)O)cc1)C(=O)OCCCCCC. The summed E-state index contributed by atoms with van der Waals surface area (Å²) in [5.41, 5.74) is 0.468. The molecule has 0 radical (unpaired) electrons. The highest BCUT2D eigenvalue weighted by Gasteiger charge is 2.21. The highest BCUT2D eigenvalue weighted by atomic mass is 16.6. The Bertz CT molecular complexity index is 647. The molecule has 0 aliphatic rings. The second-order valence-corrected chi connectivity index (χ2v) is 6.88. The summed E-state index contributed by atoms with van der Waals surface area (Å²) >= 11 is 0. The molecule has 1 aromatic carbocycles. The Hall–Kier alpha value is -2.63. The fraction of sp³-hybridized carbons (Fsp3) is 0.522. The van der Waals surface area contributed by atoms with E-state index in [2.05, 4.69) is 13.8 Å². The first-order valence-electron chi connectivity index (χ1n) is 10.4. The van der Waals surface area contributed by atoms with E-state index in [4.69, 9.17) is 14.6 Å². The minimum atomic E-state index is -1.04. The van der Waals surface area contributed by atoms with Gasteiger partial charge in [0.15, 0.2) is 0 Å². The third-order valence-corrected chi connectivity index (χ3v) is 4.37. The Balaban J connectivity index is 2.81. The third kappa shape index (κ3) is 9.92. The molecular weight excluding hydrogens is 372 g/mol. The summed E-state index contributed by atoms with van der Waals surface area (Å²) in [5.74, 6) is -2.48. The topological polar surface area (TPSA) is 89.9 Å². The molecule has 0 atom stereocenters. The minimum absolute atomic E-state index is 0.126. The van der Waals surface area contributed by atoms with E-state index in [0.717, 1.165) is 51.4 Å². The van der Waals surface area contributed by atoms with Gasteiger partial charge in [0.25, 0.3) is 0 Å². The van der Waals surface area contributed by atoms with E-state index in [0.29, 0.717) is 5.56 Å². The molecule has 0 aliphatic heterocycles. The lowest BCUT2D eigenvalue weighted by Gasteiger charge is -2.09. The Kier molecular flexibility index (Phi) is 12.1. The number of carbonyl (C=O) groups is 3. The number of benzene rings is 1. The number of unbranched alkanes of at least 4 members (excludes halogenated alkanes) is 6. The quantitative estimate of drug-likeness (QED) is 0.154. The predicted octanol–water partition coefficient (Wildman–Crippen LogP) is 5.02. The maximum atomic E-state index is 12.4. The number of rotatable bonds is 14. The second-order valence-electron chi connectivity index (χ2n) is 6.88. The van der Waals surface area contributed by atoms with E-state index in [1.807, 2.05) is 0 Å². The van der Waals surface area contributed by atoms with Crippen molar-refractivity contribution < 1.29 is 29.0 Å². The zero-order chi connectivity index (χ0) is 21.5. The van der Waals surface area contributed by atoms with Crippen molar-refractivity contribution in [3.05, 3.63) is 41.0 Å². The lowest BCUT2D eigenvalue weighted by atomic mass is 10.1. The molecule has 0 aromatic heterocycles. The third-order valence-electron chi connectivity index (χ3n) is 4.37. The molecular formula is C23H32O6. The summed E-state index contributed by atoms with van der Waals surface area (Å²) < 4.78 is 10.5. The standard InChI is InChI=1S/C23H32O6/c1-3-5-7-9-15-28-22(26)20(23(27)29-16-10-8-6-4-2)17-18-11-13-19(14-12-18)21(24)25/h11-14,17H,3-10,15-16H2,1-2H3,(H,24,25). The second kappa shape index (κ2) is 14.4. The zero-order valence-electron chi connectivity index (χ0n) is 17.4. The smallest absolute Gasteiger partial charge is 0.345 e. The number of hydrogen-bond donors (Lipinski definition) is 1. The summed E-state index contributed by atoms with van der Waals surface area (Å²) in [6.07, 6.45) is 9.08. The largest absolute Gasteiger partial charge is 0.478 e. The molecule has 0 unspecified atom stereocenters. The van der Waals surface area contributed by atoms with Gasteiger partial charge in [-0.15, -0.1) is 0 Å². The van der Waals surface area contributed by atoms with Crippen LogP contribution in [-0.4, -0.2) is 36.2 Å². The van der Waals surface area contributed by atoms with Gasteiger partial charge in [0, 0.05) is 0 Å². The maximum Gasteiger partial charge on any atom is 0.345 e. The highest BCUT2D eigenvalue weighted by molar-refractivity contribution is 6.17. The van der Waals surface area contributed by atoms with Crippen LogP contribution in [0, 0.1) is 0 Å². The molecule has 6 heteroatoms. The van der Waals surface area contributed by atoms with Crippen molar-refractivity contribution in [3.63, 3.8) is 0 Å². The Morgan fingerprint density at radius 2 is 1.28 bits per heavy atom. The lowest BCUT2D eigenvalue weighted by molar-refractivity contribution is -0.147. The van der Waals surface area contributed by atoms with Crippen LogP contribution in [-0.2, 0) is 19.1 Å². The van der Waals surface area contributed by atoms with E-state index in [1.54, 1.807) is 0 Å². The van der Waals surface area contributed by atoms with Gasteiger partial charge in [0.2, 0.25) is 0 Å². The van der Waals surface area contributed by atoms with Crippen LogP contribution >= 0.6 is 0 Å². The van der Waals surface area contributed by atoms with Crippen LogP contribution in [0.1, 0.15) is 81.1 Å². The first-order chi connectivity index (χ1) is 14.0. The average molecular weight is 405 g/mol. The molecule has 0 amide bonds. The van der Waals surface area contributed by atoms with Crippen LogP contribution in [0.5, 0.6) is 0 Å². The molecule has 160 valence electrons. The van der Waals surface area contributed by atoms with Crippen molar-refractivity contribution >= 4 is 24.0 Å². The fourth-order valence-corrected chi connectivity index (χ4v) is 2.63. The van der Waals surface area contributed by atoms with E-state index in [-0.39, 0.29) is 24.4 Å². The van der Waals surface area contributed by atoms with Crippen molar-refractivity contribution in [3.8, 4) is 0 Å². The van der Waals surface area contributed by atoms with Crippen LogP contribution in [0.3, 0.4) is 0 Å². The molecule has 0 saturated heterocycles. The number of carboxylic acid groups (broad SMARTS) is 1. The number of hydrogen-bond acceptors (Lipinski definition) is 5. The number of carbonyl (C=O) groups excluding carboxylic acids is 2. The van der Waals surface area contributed by atoms with Crippen molar-refractivity contribution in [1.82, 2.24) is 0 Å². The minimum Gasteiger partial charge on any atom is -0.478 e. The molecule has 0 fully saturated rings. The lowest BCUT2D eigenvalue weighted by Crippen LogP contribution is -2.19. The van der Waals surface area contributed by atoms with Gasteiger partial charge in [-0.05, 0) is 36.6 Å². The first kappa shape index (κ1) is 24.4. The van der Waals surface area contributed by atoms with Crippen molar-refractivity contribution in [2.24, 2.45) is 0 Å². The van der Waals surface area contributed by atoms with E-state index in [1.165, 1.54) is 30.3 Å². The Labute approximate surface area is 172 Å². The molecule has 1 rings (SSSR count). The number of carboxylic acids is 1. The molecule has 0 heterocycles. The van der Waals surface area contributed by atoms with Crippen molar-refractivity contribution in [2.45, 2.75) is 65.2 Å². The fourth-order valence-electron chi connectivity index (χ4n) is 2.63. The summed E-state index contributed by atoms with van der Waals surface area (Å²) in [6.45, 7) is 4.69. The van der Waals surface area contributed by atoms with Gasteiger partial charge in [-0.3, -0.25) is 0 Å². The molecule has 0 spiro atoms. The van der Waals surface area contributed by atoms with E-state index < -0.39 is 17.9 Å². The van der Waals surface area contributed by atoms with Gasteiger partial charge in [0.1, 0.15) is 5.57 Å². The normalized spacial score (nSPS) is 10.3. The maximum absolute atomic E-state index is 12.4. The molecule has 1 aromatic rings. The molecule has 6 nitrogen and oxygen atoms in total. The van der Waals surface area contributed by atoms with Crippen molar-refractivity contribution in [1.29, 1.82) is 0 Å². The summed E-state index contributed by atoms with van der Waals surface area (Å²) in [7, 11) is 0. The van der Waals surface area contributed by atoms with Crippen LogP contribution in [0.25, 0.3) is 6.08 Å². The average Bonchev–Trinajstić information content (AvgIpc) is 2.71. The Morgan fingerprint density at radius 3 is 1.69 bits per heavy atom. The van der Waals surface area contributed by atoms with E-state index >= 15 is 0 Å². The molecule has 0 bridgehead atoms. The van der Waals surface area contributed by atoms with Crippen molar-refractivity contribution in [2.75, 3.05) is 13.2 Å². The number of ether oxygens (including phenoxy) is 2. The first-order valence-corrected chi connectivity index (χ1v) is 10.4. The van der Waals surface area contributed by atoms with Gasteiger partial charge >= 0.3 is 17.9 Å². The molecule has 0 aliphatic carbocycles. The van der Waals surface area contributed by atoms with Gasteiger partial charge in [-0.1, -0.05) is 64.5 Å². The zero-order valence-corrected chi connectivity index (χ0v) is 17.4. The number of esters is 2. The number of aromatic carboxylic acids is 1. The van der Waals surface area contributed by atoms with Crippen LogP contribution in [0.2, 0.25) is 0 Å². The molecule has 0 saturated carbocycles. The van der Waals surface area contributed by atoms with Crippen LogP contribution < -0.4 is 0 Å². The van der Waals surface area contributed by atoms with Crippen LogP contribution in [0.15, 0.2) is 29.8 Å². The highest BCUT2D eigenvalue weighted by Crippen LogP contribution is 2.13. The summed E-state index contributed by atoms with van der Waals surface area (Å²) in [6, 6.07) is 5.90. The molecule has 29 heavy (non-hydrogen) atoms. The van der Waals surface area contributed by atoms with Crippen LogP contribution in [0.4, 0.5) is 0 Å². The Morgan fingerprint density at radius 1 is 0.793 bits per heavy atom. The van der Waals surface area contributed by atoms with E-state index in [9.17, 15) is 14.4 Å². The summed E-state index contributed by atoms with van der Waals surface area (Å²) in [4.78, 5) is 35.9. The predicted molar refractivity (Wildman–Crippen MR) is 112 cm³/mol. The van der Waals surface area contributed by atoms with Gasteiger partial charge in [-0.2, -0.15) is 0 Å². The van der Waals surface area contributed by atoms with Gasteiger partial charge < -0.3 is 14.6 Å². The molecule has 1 N–H and O–H groups in total. The summed E-state index contributed by atoms with van der Waals surface area (Å²) in [5, 5.41) is 8.99.